The van der Waals surface area contributed by atoms with E-state index in [2.05, 4.69) is 11.6 Å². The van der Waals surface area contributed by atoms with Gasteiger partial charge in [0.1, 0.15) is 0 Å². The lowest BCUT2D eigenvalue weighted by atomic mass is 10.1. The van der Waals surface area contributed by atoms with Gasteiger partial charge in [0.25, 0.3) is 0 Å². The number of hydrogen-bond acceptors (Lipinski definition) is 1. The molecule has 16 heavy (non-hydrogen) atoms. The van der Waals surface area contributed by atoms with E-state index in [9.17, 15) is 8.78 Å². The number of pyridine rings is 1. The molecule has 0 saturated carbocycles. The Kier molecular flexibility index (Phi) is 2.77. The molecule has 0 spiro atoms. The fourth-order valence-electron chi connectivity index (χ4n) is 1.35. The number of aromatic nitrogens is 1. The van der Waals surface area contributed by atoms with Crippen LogP contribution in [0.15, 0.2) is 43.1 Å². The monoisotopic (exact) mass is 217 g/mol. The van der Waals surface area contributed by atoms with Crippen LogP contribution in [-0.2, 0) is 0 Å². The average molecular weight is 217 g/mol. The van der Waals surface area contributed by atoms with E-state index in [1.165, 1.54) is 6.07 Å². The van der Waals surface area contributed by atoms with Crippen LogP contribution in [0.1, 0.15) is 5.56 Å². The molecule has 0 N–H and O–H groups in total. The molecule has 3 heteroatoms. The maximum absolute atomic E-state index is 13.0. The summed E-state index contributed by atoms with van der Waals surface area (Å²) in [4.78, 5) is 4.13. The van der Waals surface area contributed by atoms with Gasteiger partial charge in [-0.3, -0.25) is 4.98 Å². The van der Waals surface area contributed by atoms with Gasteiger partial charge in [-0.1, -0.05) is 18.7 Å². The fraction of sp³-hybridized carbons (Fsp3) is 0. The first kappa shape index (κ1) is 10.5. The molecule has 0 aliphatic carbocycles. The lowest BCUT2D eigenvalue weighted by Crippen LogP contribution is -1.88. The molecular weight excluding hydrogens is 208 g/mol. The molecule has 0 saturated heterocycles. The summed E-state index contributed by atoms with van der Waals surface area (Å²) in [6, 6.07) is 7.27. The van der Waals surface area contributed by atoms with Crippen LogP contribution in [-0.4, -0.2) is 4.98 Å². The number of halogens is 2. The molecule has 1 aromatic carbocycles. The number of benzene rings is 1. The zero-order chi connectivity index (χ0) is 11.5. The Morgan fingerprint density at radius 2 is 1.88 bits per heavy atom. The van der Waals surface area contributed by atoms with Gasteiger partial charge in [0, 0.05) is 11.8 Å². The predicted molar refractivity (Wildman–Crippen MR) is 59.7 cm³/mol. The first-order chi connectivity index (χ1) is 7.70. The summed E-state index contributed by atoms with van der Waals surface area (Å²) >= 11 is 0. The molecule has 0 bridgehead atoms. The Hall–Kier alpha value is -2.03. The zero-order valence-electron chi connectivity index (χ0n) is 8.45. The van der Waals surface area contributed by atoms with Crippen molar-refractivity contribution in [3.05, 3.63) is 60.3 Å². The van der Waals surface area contributed by atoms with Crippen molar-refractivity contribution in [2.45, 2.75) is 0 Å². The summed E-state index contributed by atoms with van der Waals surface area (Å²) in [6.07, 6.45) is 3.30. The van der Waals surface area contributed by atoms with Gasteiger partial charge in [0.2, 0.25) is 0 Å². The molecule has 0 aliphatic heterocycles. The average Bonchev–Trinajstić information content (AvgIpc) is 2.33. The van der Waals surface area contributed by atoms with Gasteiger partial charge in [0.05, 0.1) is 5.69 Å². The van der Waals surface area contributed by atoms with Crippen LogP contribution in [0.25, 0.3) is 17.3 Å². The standard InChI is InChI=1S/C13H9F2N/c1-2-9-3-6-13(16-8-9)10-4-5-11(14)12(15)7-10/h2-8H,1H2. The molecule has 0 amide bonds. The van der Waals surface area contributed by atoms with Gasteiger partial charge in [-0.25, -0.2) is 8.78 Å². The van der Waals surface area contributed by atoms with Crippen LogP contribution in [0, 0.1) is 11.6 Å². The highest BCUT2D eigenvalue weighted by Crippen LogP contribution is 2.19. The van der Waals surface area contributed by atoms with Gasteiger partial charge in [-0.2, -0.15) is 0 Å². The third kappa shape index (κ3) is 1.98. The minimum atomic E-state index is -0.868. The minimum absolute atomic E-state index is 0.550. The minimum Gasteiger partial charge on any atom is -0.256 e. The van der Waals surface area contributed by atoms with E-state index >= 15 is 0 Å². The van der Waals surface area contributed by atoms with Gasteiger partial charge >= 0.3 is 0 Å². The van der Waals surface area contributed by atoms with Crippen molar-refractivity contribution >= 4 is 6.08 Å². The highest BCUT2D eigenvalue weighted by Gasteiger charge is 2.04. The fourth-order valence-corrected chi connectivity index (χ4v) is 1.35. The molecule has 0 radical (unpaired) electrons. The topological polar surface area (TPSA) is 12.9 Å². The maximum atomic E-state index is 13.0. The molecule has 0 unspecified atom stereocenters. The molecule has 0 atom stereocenters. The van der Waals surface area contributed by atoms with E-state index in [-0.39, 0.29) is 0 Å². The second-order valence-electron chi connectivity index (χ2n) is 3.31. The van der Waals surface area contributed by atoms with Crippen LogP contribution < -0.4 is 0 Å². The van der Waals surface area contributed by atoms with Gasteiger partial charge in [0.15, 0.2) is 11.6 Å². The first-order valence-corrected chi connectivity index (χ1v) is 4.74. The Morgan fingerprint density at radius 1 is 1.06 bits per heavy atom. The van der Waals surface area contributed by atoms with Crippen molar-refractivity contribution in [2.75, 3.05) is 0 Å². The van der Waals surface area contributed by atoms with Crippen molar-refractivity contribution < 1.29 is 8.78 Å². The SMILES string of the molecule is C=Cc1ccc(-c2ccc(F)c(F)c2)nc1. The van der Waals surface area contributed by atoms with E-state index in [1.807, 2.05) is 6.07 Å². The van der Waals surface area contributed by atoms with Crippen LogP contribution in [0.3, 0.4) is 0 Å². The van der Waals surface area contributed by atoms with Crippen LogP contribution in [0.2, 0.25) is 0 Å². The summed E-state index contributed by atoms with van der Waals surface area (Å²) in [6.45, 7) is 3.61. The second kappa shape index (κ2) is 4.23. The van der Waals surface area contributed by atoms with Crippen molar-refractivity contribution in [1.29, 1.82) is 0 Å². The Bertz CT molecular complexity index is 518. The van der Waals surface area contributed by atoms with Gasteiger partial charge in [-0.05, 0) is 29.8 Å². The molecule has 80 valence electrons. The van der Waals surface area contributed by atoms with Crippen molar-refractivity contribution in [3.8, 4) is 11.3 Å². The van der Waals surface area contributed by atoms with Crippen LogP contribution in [0.4, 0.5) is 8.78 Å². The van der Waals surface area contributed by atoms with Crippen molar-refractivity contribution in [2.24, 2.45) is 0 Å². The van der Waals surface area contributed by atoms with Gasteiger partial charge < -0.3 is 0 Å². The highest BCUT2D eigenvalue weighted by atomic mass is 19.2. The van der Waals surface area contributed by atoms with E-state index in [1.54, 1.807) is 18.3 Å². The smallest absolute Gasteiger partial charge is 0.159 e. The summed E-state index contributed by atoms with van der Waals surface area (Å²) in [5.74, 6) is -1.72. The number of rotatable bonds is 2. The summed E-state index contributed by atoms with van der Waals surface area (Å²) < 4.78 is 25.7. The second-order valence-corrected chi connectivity index (χ2v) is 3.31. The molecular formula is C13H9F2N. The molecule has 2 aromatic rings. The molecule has 0 fully saturated rings. The van der Waals surface area contributed by atoms with Crippen LogP contribution in [0.5, 0.6) is 0 Å². The summed E-state index contributed by atoms with van der Waals surface area (Å²) in [5.41, 5.74) is 2.03. The molecule has 1 aromatic heterocycles. The van der Waals surface area contributed by atoms with E-state index in [4.69, 9.17) is 0 Å². The lowest BCUT2D eigenvalue weighted by Gasteiger charge is -2.01. The molecule has 2 rings (SSSR count). The normalized spacial score (nSPS) is 10.1. The third-order valence-corrected chi connectivity index (χ3v) is 2.24. The first-order valence-electron chi connectivity index (χ1n) is 4.74. The van der Waals surface area contributed by atoms with Crippen LogP contribution >= 0.6 is 0 Å². The maximum Gasteiger partial charge on any atom is 0.159 e. The Morgan fingerprint density at radius 3 is 2.44 bits per heavy atom. The highest BCUT2D eigenvalue weighted by molar-refractivity contribution is 5.60. The molecule has 0 aliphatic rings. The summed E-state index contributed by atoms with van der Waals surface area (Å²) in [7, 11) is 0. The molecule has 1 heterocycles. The summed E-state index contributed by atoms with van der Waals surface area (Å²) in [5, 5.41) is 0. The number of nitrogens with zero attached hydrogens (tertiary/aromatic N) is 1. The number of hydrogen-bond donors (Lipinski definition) is 0. The zero-order valence-corrected chi connectivity index (χ0v) is 8.45. The third-order valence-electron chi connectivity index (χ3n) is 2.24. The Labute approximate surface area is 92.1 Å². The van der Waals surface area contributed by atoms with E-state index in [0.29, 0.717) is 11.3 Å². The largest absolute Gasteiger partial charge is 0.256 e. The van der Waals surface area contributed by atoms with Crippen molar-refractivity contribution in [1.82, 2.24) is 4.98 Å². The van der Waals surface area contributed by atoms with E-state index < -0.39 is 11.6 Å². The Balaban J connectivity index is 2.42. The lowest BCUT2D eigenvalue weighted by molar-refractivity contribution is 0.509. The van der Waals surface area contributed by atoms with E-state index in [0.717, 1.165) is 17.7 Å². The van der Waals surface area contributed by atoms with Gasteiger partial charge in [-0.15, -0.1) is 0 Å². The van der Waals surface area contributed by atoms with Crippen molar-refractivity contribution in [3.63, 3.8) is 0 Å². The molecule has 1 nitrogen and oxygen atoms in total. The quantitative estimate of drug-likeness (QED) is 0.747. The predicted octanol–water partition coefficient (Wildman–Crippen LogP) is 3.67.